The molecule has 0 atom stereocenters. The molecule has 0 unspecified atom stereocenters. The second-order valence-electron chi connectivity index (χ2n) is 8.80. The van der Waals surface area contributed by atoms with Crippen molar-refractivity contribution < 1.29 is 14.3 Å². The lowest BCUT2D eigenvalue weighted by Gasteiger charge is -2.38. The van der Waals surface area contributed by atoms with Gasteiger partial charge in [0, 0.05) is 59.4 Å². The van der Waals surface area contributed by atoms with E-state index in [0.29, 0.717) is 58.3 Å². The molecule has 11 nitrogen and oxygen atoms in total. The smallest absolute Gasteiger partial charge is 0.409 e. The maximum Gasteiger partial charge on any atom is 0.409 e. The molecule has 2 aromatic rings. The third-order valence-corrected chi connectivity index (χ3v) is 5.97. The van der Waals surface area contributed by atoms with Gasteiger partial charge in [-0.25, -0.2) is 14.8 Å². The van der Waals surface area contributed by atoms with Gasteiger partial charge in [-0.1, -0.05) is 13.8 Å². The van der Waals surface area contributed by atoms with E-state index in [2.05, 4.69) is 24.9 Å². The molecule has 0 saturated carbocycles. The first kappa shape index (κ1) is 22.3. The van der Waals surface area contributed by atoms with Gasteiger partial charge in [0.05, 0.1) is 24.7 Å². The number of amides is 2. The molecule has 0 N–H and O–H groups in total. The Labute approximate surface area is 187 Å². The first-order chi connectivity index (χ1) is 15.4. The van der Waals surface area contributed by atoms with Crippen molar-refractivity contribution in [2.75, 3.05) is 70.4 Å². The molecule has 0 aromatic carbocycles. The molecule has 32 heavy (non-hydrogen) atoms. The first-order valence-electron chi connectivity index (χ1n) is 11.2. The maximum absolute atomic E-state index is 12.8. The Bertz CT molecular complexity index is 946. The van der Waals surface area contributed by atoms with Crippen molar-refractivity contribution in [2.45, 2.75) is 13.8 Å². The van der Waals surface area contributed by atoms with Crippen molar-refractivity contribution in [2.24, 2.45) is 13.0 Å². The molecule has 0 spiro atoms. The van der Waals surface area contributed by atoms with Crippen molar-refractivity contribution in [3.63, 3.8) is 0 Å². The lowest BCUT2D eigenvalue weighted by atomic mass is 10.2. The zero-order chi connectivity index (χ0) is 22.7. The van der Waals surface area contributed by atoms with Crippen LogP contribution in [0, 0.1) is 5.92 Å². The fraction of sp³-hybridized carbons (Fsp3) is 0.667. The van der Waals surface area contributed by atoms with Crippen LogP contribution in [0.2, 0.25) is 0 Å². The molecule has 11 heteroatoms. The van der Waals surface area contributed by atoms with E-state index in [9.17, 15) is 9.59 Å². The highest BCUT2D eigenvalue weighted by Gasteiger charge is 2.27. The van der Waals surface area contributed by atoms with E-state index in [1.165, 1.54) is 0 Å². The van der Waals surface area contributed by atoms with E-state index in [4.69, 9.17) is 4.74 Å². The van der Waals surface area contributed by atoms with Gasteiger partial charge in [0.15, 0.2) is 5.65 Å². The van der Waals surface area contributed by atoms with Crippen LogP contribution in [0.1, 0.15) is 13.8 Å². The number of hydrogen-bond donors (Lipinski definition) is 0. The molecule has 2 aliphatic heterocycles. The van der Waals surface area contributed by atoms with Gasteiger partial charge in [0.2, 0.25) is 5.91 Å². The Hall–Kier alpha value is -2.95. The van der Waals surface area contributed by atoms with Crippen LogP contribution in [0.4, 0.5) is 10.6 Å². The second kappa shape index (κ2) is 9.68. The minimum Gasteiger partial charge on any atom is -0.449 e. The summed E-state index contributed by atoms with van der Waals surface area (Å²) in [6, 6.07) is 0. The van der Waals surface area contributed by atoms with E-state index >= 15 is 0 Å². The van der Waals surface area contributed by atoms with E-state index in [-0.39, 0.29) is 12.0 Å². The predicted octanol–water partition coefficient (Wildman–Crippen LogP) is 0.422. The lowest BCUT2D eigenvalue weighted by Crippen LogP contribution is -2.54. The van der Waals surface area contributed by atoms with Crippen LogP contribution in [-0.2, 0) is 16.6 Å². The minimum absolute atomic E-state index is 0.134. The van der Waals surface area contributed by atoms with Crippen LogP contribution >= 0.6 is 0 Å². The topological polar surface area (TPSA) is 99.9 Å². The number of rotatable bonds is 5. The largest absolute Gasteiger partial charge is 0.449 e. The minimum atomic E-state index is -0.256. The van der Waals surface area contributed by atoms with Crippen LogP contribution in [0.25, 0.3) is 11.0 Å². The second-order valence-corrected chi connectivity index (χ2v) is 8.80. The summed E-state index contributed by atoms with van der Waals surface area (Å²) in [5, 5.41) is 5.21. The highest BCUT2D eigenvalue weighted by atomic mass is 16.6. The number of carbonyl (C=O) groups excluding carboxylic acids is 2. The van der Waals surface area contributed by atoms with Gasteiger partial charge in [-0.05, 0) is 5.92 Å². The van der Waals surface area contributed by atoms with Gasteiger partial charge in [0.25, 0.3) is 0 Å². The number of carbonyl (C=O) groups is 2. The molecule has 4 rings (SSSR count). The summed E-state index contributed by atoms with van der Waals surface area (Å²) in [6.45, 7) is 10.2. The standard InChI is InChI=1S/C21H32N8O3/c1-16(2)14-32-21(31)29-6-4-26(5-7-29)13-18(30)27-8-10-28(11-9-27)20-17-12-24-25(3)19(17)22-15-23-20/h12,15-16H,4-11,13-14H2,1-3H3. The molecular weight excluding hydrogens is 412 g/mol. The number of hydrogen-bond acceptors (Lipinski definition) is 8. The van der Waals surface area contributed by atoms with Crippen LogP contribution < -0.4 is 4.90 Å². The zero-order valence-corrected chi connectivity index (χ0v) is 19.1. The third-order valence-electron chi connectivity index (χ3n) is 5.97. The average Bonchev–Trinajstić information content (AvgIpc) is 3.19. The number of anilines is 1. The highest BCUT2D eigenvalue weighted by Crippen LogP contribution is 2.23. The van der Waals surface area contributed by atoms with Crippen LogP contribution in [-0.4, -0.2) is 112 Å². The molecule has 0 radical (unpaired) electrons. The van der Waals surface area contributed by atoms with E-state index < -0.39 is 0 Å². The van der Waals surface area contributed by atoms with Gasteiger partial charge in [0.1, 0.15) is 12.1 Å². The SMILES string of the molecule is CC(C)COC(=O)N1CCN(CC(=O)N2CCN(c3ncnc4c3cnn4C)CC2)CC1. The van der Waals surface area contributed by atoms with E-state index in [0.717, 1.165) is 29.9 Å². The van der Waals surface area contributed by atoms with Crippen molar-refractivity contribution in [3.05, 3.63) is 12.5 Å². The molecule has 2 amide bonds. The summed E-state index contributed by atoms with van der Waals surface area (Å²) in [4.78, 5) is 41.6. The number of ether oxygens (including phenoxy) is 1. The monoisotopic (exact) mass is 444 g/mol. The molecule has 2 aromatic heterocycles. The molecule has 174 valence electrons. The number of piperazine rings is 2. The van der Waals surface area contributed by atoms with Gasteiger partial charge in [-0.2, -0.15) is 5.10 Å². The van der Waals surface area contributed by atoms with Gasteiger partial charge in [-0.3, -0.25) is 14.4 Å². The highest BCUT2D eigenvalue weighted by molar-refractivity contribution is 5.87. The molecule has 2 fully saturated rings. The molecule has 4 heterocycles. The fourth-order valence-corrected chi connectivity index (χ4v) is 4.08. The van der Waals surface area contributed by atoms with Crippen molar-refractivity contribution in [1.82, 2.24) is 34.4 Å². The van der Waals surface area contributed by atoms with Crippen molar-refractivity contribution >= 4 is 28.9 Å². The Balaban J connectivity index is 1.23. The van der Waals surface area contributed by atoms with Crippen molar-refractivity contribution in [1.29, 1.82) is 0 Å². The van der Waals surface area contributed by atoms with Gasteiger partial charge < -0.3 is 19.4 Å². The number of aromatic nitrogens is 4. The molecule has 0 bridgehead atoms. The average molecular weight is 445 g/mol. The summed E-state index contributed by atoms with van der Waals surface area (Å²) in [5.41, 5.74) is 0.806. The molecule has 0 aliphatic carbocycles. The van der Waals surface area contributed by atoms with Crippen molar-refractivity contribution in [3.8, 4) is 0 Å². The Morgan fingerprint density at radius 2 is 1.69 bits per heavy atom. The Morgan fingerprint density at radius 3 is 2.38 bits per heavy atom. The first-order valence-corrected chi connectivity index (χ1v) is 11.2. The summed E-state index contributed by atoms with van der Waals surface area (Å²) in [6.07, 6.45) is 3.10. The summed E-state index contributed by atoms with van der Waals surface area (Å²) in [7, 11) is 1.87. The predicted molar refractivity (Wildman–Crippen MR) is 119 cm³/mol. The summed E-state index contributed by atoms with van der Waals surface area (Å²) in [5.74, 6) is 1.33. The van der Waals surface area contributed by atoms with Crippen LogP contribution in [0.3, 0.4) is 0 Å². The number of fused-ring (bicyclic) bond motifs is 1. The Kier molecular flexibility index (Phi) is 6.73. The third kappa shape index (κ3) is 4.93. The fourth-order valence-electron chi connectivity index (χ4n) is 4.08. The van der Waals surface area contributed by atoms with Crippen LogP contribution in [0.5, 0.6) is 0 Å². The van der Waals surface area contributed by atoms with Crippen LogP contribution in [0.15, 0.2) is 12.5 Å². The number of aryl methyl sites for hydroxylation is 1. The zero-order valence-electron chi connectivity index (χ0n) is 19.1. The Morgan fingerprint density at radius 1 is 1.00 bits per heavy atom. The normalized spacial score (nSPS) is 17.9. The van der Waals surface area contributed by atoms with E-state index in [1.54, 1.807) is 22.1 Å². The summed E-state index contributed by atoms with van der Waals surface area (Å²) < 4.78 is 7.04. The van der Waals surface area contributed by atoms with Gasteiger partial charge in [-0.15, -0.1) is 0 Å². The quantitative estimate of drug-likeness (QED) is 0.654. The summed E-state index contributed by atoms with van der Waals surface area (Å²) >= 11 is 0. The maximum atomic E-state index is 12.8. The molecule has 2 saturated heterocycles. The molecule has 2 aliphatic rings. The van der Waals surface area contributed by atoms with Gasteiger partial charge >= 0.3 is 6.09 Å². The number of nitrogens with zero attached hydrogens (tertiary/aromatic N) is 8. The lowest BCUT2D eigenvalue weighted by molar-refractivity contribution is -0.133. The molecular formula is C21H32N8O3. The van der Waals surface area contributed by atoms with E-state index in [1.807, 2.05) is 25.8 Å².